The summed E-state index contributed by atoms with van der Waals surface area (Å²) in [7, 11) is 0. The van der Waals surface area contributed by atoms with E-state index in [0.717, 1.165) is 12.1 Å². The van der Waals surface area contributed by atoms with E-state index < -0.39 is 23.3 Å². The minimum absolute atomic E-state index is 0.0261. The molecule has 1 aromatic rings. The molecule has 25 heavy (non-hydrogen) atoms. The summed E-state index contributed by atoms with van der Waals surface area (Å²) in [6, 6.07) is 5.02. The molecule has 0 atom stereocenters. The highest BCUT2D eigenvalue weighted by molar-refractivity contribution is 5.79. The molecular formula is C17H20F3NO4. The van der Waals surface area contributed by atoms with E-state index in [4.69, 9.17) is 5.11 Å². The fourth-order valence-corrected chi connectivity index (χ4v) is 2.84. The van der Waals surface area contributed by atoms with Crippen LogP contribution in [0.4, 0.5) is 13.2 Å². The minimum Gasteiger partial charge on any atom is -0.479 e. The van der Waals surface area contributed by atoms with Crippen LogP contribution < -0.4 is 0 Å². The first-order valence-corrected chi connectivity index (χ1v) is 8.01. The van der Waals surface area contributed by atoms with Crippen LogP contribution in [0.25, 0.3) is 0 Å². The third-order valence-electron chi connectivity index (χ3n) is 4.45. The van der Waals surface area contributed by atoms with Gasteiger partial charge in [-0.3, -0.25) is 4.79 Å². The lowest BCUT2D eigenvalue weighted by Crippen LogP contribution is -2.50. The molecule has 0 spiro atoms. The fraction of sp³-hybridized carbons (Fsp3) is 0.529. The van der Waals surface area contributed by atoms with Crippen LogP contribution in [-0.4, -0.2) is 45.7 Å². The Bertz CT molecular complexity index is 637. The maximum atomic E-state index is 12.7. The Morgan fingerprint density at radius 3 is 2.40 bits per heavy atom. The number of carbonyl (C=O) groups is 2. The highest BCUT2D eigenvalue weighted by Crippen LogP contribution is 2.30. The number of benzene rings is 1. The van der Waals surface area contributed by atoms with Crippen molar-refractivity contribution in [2.75, 3.05) is 13.1 Å². The molecule has 1 saturated heterocycles. The molecule has 2 rings (SSSR count). The third kappa shape index (κ3) is 4.94. The summed E-state index contributed by atoms with van der Waals surface area (Å²) >= 11 is 0. The van der Waals surface area contributed by atoms with Crippen molar-refractivity contribution in [3.8, 4) is 0 Å². The molecule has 1 aliphatic heterocycles. The van der Waals surface area contributed by atoms with Crippen LogP contribution in [0.3, 0.4) is 0 Å². The van der Waals surface area contributed by atoms with E-state index in [1.165, 1.54) is 11.0 Å². The van der Waals surface area contributed by atoms with Gasteiger partial charge in [0.25, 0.3) is 0 Å². The highest BCUT2D eigenvalue weighted by atomic mass is 19.4. The maximum absolute atomic E-state index is 12.7. The number of hydrogen-bond acceptors (Lipinski definition) is 3. The number of aliphatic carboxylic acids is 1. The molecule has 0 aliphatic carbocycles. The summed E-state index contributed by atoms with van der Waals surface area (Å²) < 4.78 is 38.0. The van der Waals surface area contributed by atoms with Crippen molar-refractivity contribution in [3.63, 3.8) is 0 Å². The average molecular weight is 359 g/mol. The molecule has 138 valence electrons. The summed E-state index contributed by atoms with van der Waals surface area (Å²) in [4.78, 5) is 24.5. The quantitative estimate of drug-likeness (QED) is 0.847. The van der Waals surface area contributed by atoms with Crippen molar-refractivity contribution < 1.29 is 33.0 Å². The zero-order valence-corrected chi connectivity index (χ0v) is 13.6. The van der Waals surface area contributed by atoms with Crippen LogP contribution in [0.2, 0.25) is 0 Å². The van der Waals surface area contributed by atoms with Gasteiger partial charge < -0.3 is 15.1 Å². The Labute approximate surface area is 143 Å². The molecule has 8 heteroatoms. The van der Waals surface area contributed by atoms with Crippen LogP contribution in [0.5, 0.6) is 0 Å². The number of carboxylic acid groups (broad SMARTS) is 1. The number of alkyl halides is 3. The van der Waals surface area contributed by atoms with Crippen molar-refractivity contribution >= 4 is 11.9 Å². The Kier molecular flexibility index (Phi) is 5.72. The van der Waals surface area contributed by atoms with Crippen molar-refractivity contribution in [3.05, 3.63) is 35.4 Å². The smallest absolute Gasteiger partial charge is 0.416 e. The first-order valence-electron chi connectivity index (χ1n) is 8.01. The van der Waals surface area contributed by atoms with Crippen molar-refractivity contribution in [1.29, 1.82) is 0 Å². The summed E-state index contributed by atoms with van der Waals surface area (Å²) in [6.07, 6.45) is -3.52. The molecular weight excluding hydrogens is 339 g/mol. The second kappa shape index (κ2) is 7.43. The van der Waals surface area contributed by atoms with E-state index in [9.17, 15) is 27.9 Å². The van der Waals surface area contributed by atoms with E-state index >= 15 is 0 Å². The number of carboxylic acids is 1. The molecule has 0 bridgehead atoms. The van der Waals surface area contributed by atoms with Gasteiger partial charge in [-0.25, -0.2) is 4.79 Å². The molecule has 5 nitrogen and oxygen atoms in total. The Morgan fingerprint density at radius 1 is 1.20 bits per heavy atom. The number of carbonyl (C=O) groups excluding carboxylic acids is 1. The van der Waals surface area contributed by atoms with Gasteiger partial charge in [0, 0.05) is 32.4 Å². The molecule has 2 N–H and O–H groups in total. The van der Waals surface area contributed by atoms with Gasteiger partial charge in [0.1, 0.15) is 0 Å². The lowest BCUT2D eigenvalue weighted by molar-refractivity contribution is -0.165. The van der Waals surface area contributed by atoms with E-state index in [-0.39, 0.29) is 38.3 Å². The second-order valence-corrected chi connectivity index (χ2v) is 6.27. The number of rotatable bonds is 5. The summed E-state index contributed by atoms with van der Waals surface area (Å²) in [6.45, 7) is 0.316. The summed E-state index contributed by atoms with van der Waals surface area (Å²) in [5.41, 5.74) is -1.98. The molecule has 0 unspecified atom stereocenters. The number of amides is 1. The molecule has 0 aromatic heterocycles. The molecule has 1 amide bonds. The number of piperidine rings is 1. The second-order valence-electron chi connectivity index (χ2n) is 6.27. The summed E-state index contributed by atoms with van der Waals surface area (Å²) in [5, 5.41) is 18.8. The largest absolute Gasteiger partial charge is 0.479 e. The minimum atomic E-state index is -4.39. The highest BCUT2D eigenvalue weighted by Gasteiger charge is 2.40. The summed E-state index contributed by atoms with van der Waals surface area (Å²) in [5.74, 6) is -1.47. The zero-order valence-electron chi connectivity index (χ0n) is 13.6. The Morgan fingerprint density at radius 2 is 1.84 bits per heavy atom. The normalized spacial score (nSPS) is 17.4. The van der Waals surface area contributed by atoms with Gasteiger partial charge >= 0.3 is 12.1 Å². The van der Waals surface area contributed by atoms with E-state index in [1.54, 1.807) is 6.07 Å². The van der Waals surface area contributed by atoms with Gasteiger partial charge in [0.15, 0.2) is 5.60 Å². The average Bonchev–Trinajstić information content (AvgIpc) is 2.55. The van der Waals surface area contributed by atoms with Crippen LogP contribution in [0.15, 0.2) is 24.3 Å². The van der Waals surface area contributed by atoms with Gasteiger partial charge in [0.2, 0.25) is 5.91 Å². The SMILES string of the molecule is O=C(CCCc1cccc(C(F)(F)F)c1)N1CCC(O)(C(=O)O)CC1. The van der Waals surface area contributed by atoms with Crippen molar-refractivity contribution in [1.82, 2.24) is 4.90 Å². The number of hydrogen-bond donors (Lipinski definition) is 2. The molecule has 1 heterocycles. The number of likely N-dealkylation sites (tertiary alicyclic amines) is 1. The monoisotopic (exact) mass is 359 g/mol. The molecule has 1 aromatic carbocycles. The fourth-order valence-electron chi connectivity index (χ4n) is 2.84. The molecule has 0 radical (unpaired) electrons. The van der Waals surface area contributed by atoms with Crippen LogP contribution in [-0.2, 0) is 22.2 Å². The first-order chi connectivity index (χ1) is 11.6. The number of nitrogens with zero attached hydrogens (tertiary/aromatic N) is 1. The van der Waals surface area contributed by atoms with E-state index in [1.807, 2.05) is 0 Å². The Hall–Kier alpha value is -2.09. The van der Waals surface area contributed by atoms with Crippen molar-refractivity contribution in [2.24, 2.45) is 0 Å². The molecule has 1 aliphatic rings. The van der Waals surface area contributed by atoms with E-state index in [0.29, 0.717) is 18.4 Å². The number of aryl methyl sites for hydroxylation is 1. The topological polar surface area (TPSA) is 77.8 Å². The van der Waals surface area contributed by atoms with Crippen LogP contribution in [0.1, 0.15) is 36.8 Å². The first kappa shape index (κ1) is 19.2. The van der Waals surface area contributed by atoms with Gasteiger partial charge in [-0.1, -0.05) is 18.2 Å². The van der Waals surface area contributed by atoms with Crippen molar-refractivity contribution in [2.45, 2.75) is 43.9 Å². The third-order valence-corrected chi connectivity index (χ3v) is 4.45. The zero-order chi connectivity index (χ0) is 18.7. The van der Waals surface area contributed by atoms with Crippen LogP contribution in [0, 0.1) is 0 Å². The lowest BCUT2D eigenvalue weighted by Gasteiger charge is -2.35. The van der Waals surface area contributed by atoms with E-state index in [2.05, 4.69) is 0 Å². The van der Waals surface area contributed by atoms with Crippen LogP contribution >= 0.6 is 0 Å². The molecule has 1 fully saturated rings. The predicted octanol–water partition coefficient (Wildman–Crippen LogP) is 2.47. The van der Waals surface area contributed by atoms with Gasteiger partial charge in [-0.15, -0.1) is 0 Å². The number of halogens is 3. The number of aliphatic hydroxyl groups is 1. The van der Waals surface area contributed by atoms with Gasteiger partial charge in [0.05, 0.1) is 5.56 Å². The molecule has 0 saturated carbocycles. The maximum Gasteiger partial charge on any atom is 0.416 e. The lowest BCUT2D eigenvalue weighted by atomic mass is 9.91. The van der Waals surface area contributed by atoms with Gasteiger partial charge in [-0.2, -0.15) is 13.2 Å². The predicted molar refractivity (Wildman–Crippen MR) is 82.8 cm³/mol. The standard InChI is InChI=1S/C17H20F3NO4/c18-17(19,20)13-5-1-3-12(11-13)4-2-6-14(22)21-9-7-16(25,8-10-21)15(23)24/h1,3,5,11,25H,2,4,6-10H2,(H,23,24). The van der Waals surface area contributed by atoms with Gasteiger partial charge in [-0.05, 0) is 24.5 Å². The Balaban J connectivity index is 1.81.